The van der Waals surface area contributed by atoms with Crippen LogP contribution in [0.15, 0.2) is 21.5 Å². The van der Waals surface area contributed by atoms with E-state index in [1.165, 1.54) is 0 Å². The summed E-state index contributed by atoms with van der Waals surface area (Å²) in [5.41, 5.74) is 7.09. The predicted molar refractivity (Wildman–Crippen MR) is 45.2 cm³/mol. The molecule has 0 rings (SSSR count). The van der Waals surface area contributed by atoms with E-state index >= 15 is 0 Å². The Hall–Kier alpha value is -1.12. The summed E-state index contributed by atoms with van der Waals surface area (Å²) < 4.78 is 0. The van der Waals surface area contributed by atoms with Gasteiger partial charge in [-0.3, -0.25) is 4.99 Å². The second-order valence-corrected chi connectivity index (χ2v) is 2.19. The van der Waals surface area contributed by atoms with Gasteiger partial charge in [0.25, 0.3) is 0 Å². The molecule has 0 bridgehead atoms. The van der Waals surface area contributed by atoms with E-state index in [1.54, 1.807) is 6.92 Å². The highest BCUT2D eigenvalue weighted by atomic mass is 14.9. The van der Waals surface area contributed by atoms with Crippen LogP contribution >= 0.6 is 0 Å². The van der Waals surface area contributed by atoms with Crippen LogP contribution in [-0.4, -0.2) is 12.4 Å². The molecule has 2 N–H and O–H groups in total. The second-order valence-electron chi connectivity index (χ2n) is 2.19. The van der Waals surface area contributed by atoms with Crippen molar-refractivity contribution in [1.29, 1.82) is 0 Å². The normalized spacial score (nSPS) is 11.9. The number of aliphatic imine (C=N–C) groups is 2. The molecule has 0 radical (unpaired) electrons. The van der Waals surface area contributed by atoms with Crippen molar-refractivity contribution >= 4 is 12.4 Å². The van der Waals surface area contributed by atoms with Gasteiger partial charge in [-0.05, 0) is 27.5 Å². The Kier molecular flexibility index (Phi) is 3.39. The lowest BCUT2D eigenvalue weighted by molar-refractivity contribution is 1.12. The summed E-state index contributed by atoms with van der Waals surface area (Å²) in [5.74, 6) is 0.390. The van der Waals surface area contributed by atoms with E-state index in [4.69, 9.17) is 5.73 Å². The first-order valence-electron chi connectivity index (χ1n) is 3.03. The van der Waals surface area contributed by atoms with Gasteiger partial charge < -0.3 is 5.73 Å². The van der Waals surface area contributed by atoms with E-state index in [-0.39, 0.29) is 0 Å². The Bertz CT molecular complexity index is 185. The Morgan fingerprint density at radius 2 is 1.80 bits per heavy atom. The molecule has 0 saturated carbocycles. The van der Waals surface area contributed by atoms with Gasteiger partial charge in [0.1, 0.15) is 5.82 Å². The number of allylic oxidation sites excluding steroid dienone is 1. The fraction of sp³-hybridized carbons (Fsp3) is 0.429. The van der Waals surface area contributed by atoms with E-state index in [9.17, 15) is 0 Å². The first-order valence-corrected chi connectivity index (χ1v) is 3.03. The molecule has 0 amide bonds. The average molecular weight is 139 g/mol. The van der Waals surface area contributed by atoms with E-state index in [0.29, 0.717) is 5.82 Å². The van der Waals surface area contributed by atoms with Crippen LogP contribution in [0.3, 0.4) is 0 Å². The van der Waals surface area contributed by atoms with Gasteiger partial charge in [0.15, 0.2) is 0 Å². The third kappa shape index (κ3) is 3.02. The van der Waals surface area contributed by atoms with Gasteiger partial charge in [-0.1, -0.05) is 0 Å². The van der Waals surface area contributed by atoms with E-state index in [0.717, 1.165) is 11.4 Å². The van der Waals surface area contributed by atoms with Crippen molar-refractivity contribution in [2.45, 2.75) is 20.8 Å². The minimum atomic E-state index is 0.390. The van der Waals surface area contributed by atoms with Crippen LogP contribution in [0.1, 0.15) is 20.8 Å². The molecule has 3 nitrogen and oxygen atoms in total. The molecule has 0 saturated heterocycles. The minimum absolute atomic E-state index is 0.390. The van der Waals surface area contributed by atoms with Gasteiger partial charge in [0, 0.05) is 5.71 Å². The van der Waals surface area contributed by atoms with Crippen LogP contribution in [0.4, 0.5) is 0 Å². The summed E-state index contributed by atoms with van der Waals surface area (Å²) in [5, 5.41) is 0. The standard InChI is InChI=1S/C7H13N3/c1-5(2)10-6(3)7(8)9-4/h4,8H2,1-3H3/b7-6-. The van der Waals surface area contributed by atoms with Crippen molar-refractivity contribution in [2.75, 3.05) is 0 Å². The van der Waals surface area contributed by atoms with Crippen molar-refractivity contribution in [3.05, 3.63) is 11.5 Å². The summed E-state index contributed by atoms with van der Waals surface area (Å²) in [6.07, 6.45) is 0. The Morgan fingerprint density at radius 1 is 1.30 bits per heavy atom. The number of hydrogen-bond acceptors (Lipinski definition) is 3. The van der Waals surface area contributed by atoms with Gasteiger partial charge in [-0.2, -0.15) is 0 Å². The molecule has 0 aliphatic heterocycles. The Labute approximate surface area is 61.4 Å². The molecule has 0 fully saturated rings. The summed E-state index contributed by atoms with van der Waals surface area (Å²) in [6.45, 7) is 8.89. The maximum Gasteiger partial charge on any atom is 0.144 e. The molecule has 0 heterocycles. The van der Waals surface area contributed by atoms with Crippen LogP contribution in [0, 0.1) is 0 Å². The molecule has 0 aromatic heterocycles. The molecule has 3 heteroatoms. The maximum atomic E-state index is 5.41. The first kappa shape index (κ1) is 8.88. The lowest BCUT2D eigenvalue weighted by atomic mass is 10.4. The van der Waals surface area contributed by atoms with Gasteiger partial charge in [-0.15, -0.1) is 0 Å². The van der Waals surface area contributed by atoms with Gasteiger partial charge >= 0.3 is 0 Å². The Balaban J connectivity index is 4.48. The molecule has 0 atom stereocenters. The molecule has 0 aromatic rings. The Morgan fingerprint density at radius 3 is 2.10 bits per heavy atom. The quantitative estimate of drug-likeness (QED) is 0.576. The minimum Gasteiger partial charge on any atom is -0.382 e. The highest BCUT2D eigenvalue weighted by molar-refractivity contribution is 5.80. The lowest BCUT2D eigenvalue weighted by Crippen LogP contribution is -1.96. The zero-order chi connectivity index (χ0) is 8.15. The number of rotatable bonds is 2. The largest absolute Gasteiger partial charge is 0.382 e. The monoisotopic (exact) mass is 139 g/mol. The second kappa shape index (κ2) is 3.82. The molecule has 56 valence electrons. The molecule has 0 aliphatic carbocycles. The highest BCUT2D eigenvalue weighted by Crippen LogP contribution is 2.00. The molecule has 10 heavy (non-hydrogen) atoms. The topological polar surface area (TPSA) is 50.7 Å². The molecule has 0 unspecified atom stereocenters. The number of nitrogens with two attached hydrogens (primary N) is 1. The van der Waals surface area contributed by atoms with Crippen LogP contribution in [0.2, 0.25) is 0 Å². The van der Waals surface area contributed by atoms with Gasteiger partial charge in [-0.25, -0.2) is 4.99 Å². The summed E-state index contributed by atoms with van der Waals surface area (Å²) in [7, 11) is 0. The molecule has 0 aromatic carbocycles. The molecular formula is C7H13N3. The molecule has 0 aliphatic rings. The highest BCUT2D eigenvalue weighted by Gasteiger charge is 1.90. The van der Waals surface area contributed by atoms with E-state index < -0.39 is 0 Å². The summed E-state index contributed by atoms with van der Waals surface area (Å²) in [6, 6.07) is 0. The van der Waals surface area contributed by atoms with Crippen molar-refractivity contribution in [3.63, 3.8) is 0 Å². The van der Waals surface area contributed by atoms with Crippen molar-refractivity contribution < 1.29 is 0 Å². The maximum absolute atomic E-state index is 5.41. The zero-order valence-electron chi connectivity index (χ0n) is 6.68. The summed E-state index contributed by atoms with van der Waals surface area (Å²) in [4.78, 5) is 7.63. The van der Waals surface area contributed by atoms with Crippen LogP contribution < -0.4 is 5.73 Å². The summed E-state index contributed by atoms with van der Waals surface area (Å²) >= 11 is 0. The van der Waals surface area contributed by atoms with Crippen LogP contribution in [0.5, 0.6) is 0 Å². The average Bonchev–Trinajstić information content (AvgIpc) is 1.85. The van der Waals surface area contributed by atoms with Crippen molar-refractivity contribution in [1.82, 2.24) is 0 Å². The third-order valence-electron chi connectivity index (χ3n) is 0.932. The molecular weight excluding hydrogens is 126 g/mol. The van der Waals surface area contributed by atoms with Crippen LogP contribution in [-0.2, 0) is 0 Å². The zero-order valence-corrected chi connectivity index (χ0v) is 6.68. The van der Waals surface area contributed by atoms with Crippen molar-refractivity contribution in [2.24, 2.45) is 15.7 Å². The molecule has 0 spiro atoms. The van der Waals surface area contributed by atoms with E-state index in [2.05, 4.69) is 16.7 Å². The van der Waals surface area contributed by atoms with E-state index in [1.807, 2.05) is 13.8 Å². The predicted octanol–water partition coefficient (Wildman–Crippen LogP) is 1.32. The number of nitrogens with zero attached hydrogens (tertiary/aromatic N) is 2. The smallest absolute Gasteiger partial charge is 0.144 e. The van der Waals surface area contributed by atoms with Gasteiger partial charge in [0.05, 0.1) is 5.70 Å². The van der Waals surface area contributed by atoms with Crippen molar-refractivity contribution in [3.8, 4) is 0 Å². The first-order chi connectivity index (χ1) is 4.57. The fourth-order valence-corrected chi connectivity index (χ4v) is 0.507. The third-order valence-corrected chi connectivity index (χ3v) is 0.932. The van der Waals surface area contributed by atoms with Gasteiger partial charge in [0.2, 0.25) is 0 Å². The lowest BCUT2D eigenvalue weighted by Gasteiger charge is -1.95. The SMILES string of the molecule is C=N/C(N)=C(/C)N=C(C)C. The van der Waals surface area contributed by atoms with Crippen LogP contribution in [0.25, 0.3) is 0 Å². The number of hydrogen-bond donors (Lipinski definition) is 1. The fourth-order valence-electron chi connectivity index (χ4n) is 0.507.